The number of hydrogen-bond donors (Lipinski definition) is 1. The number of rotatable bonds is 4. The third kappa shape index (κ3) is 3.18. The van der Waals surface area contributed by atoms with Crippen LogP contribution in [-0.4, -0.2) is 47.6 Å². The van der Waals surface area contributed by atoms with Gasteiger partial charge in [0.05, 0.1) is 0 Å². The number of nitrogens with one attached hydrogen (secondary N) is 1. The normalized spacial score (nSPS) is 36.5. The van der Waals surface area contributed by atoms with Crippen LogP contribution in [0, 0.1) is 5.92 Å². The van der Waals surface area contributed by atoms with Crippen LogP contribution in [0.25, 0.3) is 0 Å². The zero-order valence-corrected chi connectivity index (χ0v) is 11.8. The Kier molecular flexibility index (Phi) is 3.98. The van der Waals surface area contributed by atoms with E-state index in [9.17, 15) is 0 Å². The highest BCUT2D eigenvalue weighted by Gasteiger charge is 2.38. The van der Waals surface area contributed by atoms with Gasteiger partial charge >= 0.3 is 0 Å². The molecule has 0 spiro atoms. The number of thioether (sulfide) groups is 1. The first kappa shape index (κ1) is 12.3. The molecule has 3 fully saturated rings. The summed E-state index contributed by atoms with van der Waals surface area (Å²) in [4.78, 5) is 2.74. The molecular weight excluding hydrogens is 228 g/mol. The van der Waals surface area contributed by atoms with Gasteiger partial charge in [0, 0.05) is 24.7 Å². The lowest BCUT2D eigenvalue weighted by atomic mass is 10.0. The molecule has 2 nitrogen and oxygen atoms in total. The summed E-state index contributed by atoms with van der Waals surface area (Å²) in [6, 6.07) is 2.55. The van der Waals surface area contributed by atoms with Crippen LogP contribution in [0.5, 0.6) is 0 Å². The summed E-state index contributed by atoms with van der Waals surface area (Å²) in [7, 11) is 0. The summed E-state index contributed by atoms with van der Waals surface area (Å²) in [6.45, 7) is 5.00. The van der Waals surface area contributed by atoms with Crippen LogP contribution in [0.1, 0.15) is 39.0 Å². The maximum atomic E-state index is 3.84. The van der Waals surface area contributed by atoms with Crippen molar-refractivity contribution in [2.75, 3.05) is 24.6 Å². The third-order valence-electron chi connectivity index (χ3n) is 4.67. The molecule has 2 heterocycles. The molecule has 2 unspecified atom stereocenters. The van der Waals surface area contributed by atoms with Crippen molar-refractivity contribution in [3.8, 4) is 0 Å². The summed E-state index contributed by atoms with van der Waals surface area (Å²) in [5.74, 6) is 3.74. The van der Waals surface area contributed by atoms with Crippen molar-refractivity contribution in [2.24, 2.45) is 5.92 Å². The van der Waals surface area contributed by atoms with E-state index in [0.29, 0.717) is 0 Å². The number of hydrogen-bond acceptors (Lipinski definition) is 3. The first-order chi connectivity index (χ1) is 8.33. The van der Waals surface area contributed by atoms with Crippen LogP contribution in [0.3, 0.4) is 0 Å². The molecule has 0 radical (unpaired) electrons. The number of likely N-dealkylation sites (tertiary alicyclic amines) is 1. The van der Waals surface area contributed by atoms with Crippen molar-refractivity contribution in [1.82, 2.24) is 10.2 Å². The van der Waals surface area contributed by atoms with Gasteiger partial charge in [-0.3, -0.25) is 4.90 Å². The van der Waals surface area contributed by atoms with Gasteiger partial charge in [-0.25, -0.2) is 0 Å². The Balaban J connectivity index is 1.40. The monoisotopic (exact) mass is 254 g/mol. The van der Waals surface area contributed by atoms with Crippen molar-refractivity contribution >= 4 is 11.8 Å². The molecule has 1 aliphatic carbocycles. The van der Waals surface area contributed by atoms with Gasteiger partial charge in [0.25, 0.3) is 0 Å². The zero-order chi connectivity index (χ0) is 11.7. The second kappa shape index (κ2) is 5.50. The van der Waals surface area contributed by atoms with Gasteiger partial charge in [0.15, 0.2) is 0 Å². The fraction of sp³-hybridized carbons (Fsp3) is 1.00. The highest BCUT2D eigenvalue weighted by molar-refractivity contribution is 7.99. The minimum Gasteiger partial charge on any atom is -0.312 e. The molecule has 0 aromatic rings. The van der Waals surface area contributed by atoms with E-state index >= 15 is 0 Å². The minimum atomic E-state index is 0.778. The van der Waals surface area contributed by atoms with Gasteiger partial charge in [0.1, 0.15) is 0 Å². The summed E-state index contributed by atoms with van der Waals surface area (Å²) in [5, 5.41) is 3.84. The van der Waals surface area contributed by atoms with E-state index in [1.165, 1.54) is 56.7 Å². The van der Waals surface area contributed by atoms with Crippen LogP contribution in [0.2, 0.25) is 0 Å². The Morgan fingerprint density at radius 2 is 1.94 bits per heavy atom. The largest absolute Gasteiger partial charge is 0.312 e. The molecule has 0 bridgehead atoms. The SMILES string of the molecule is CC1CC(NCC2CCSCC2)CN1C1CC1. The van der Waals surface area contributed by atoms with E-state index in [0.717, 1.165) is 24.0 Å². The lowest BCUT2D eigenvalue weighted by Crippen LogP contribution is -2.37. The smallest absolute Gasteiger partial charge is 0.0210 e. The maximum Gasteiger partial charge on any atom is 0.0210 e. The van der Waals surface area contributed by atoms with E-state index in [4.69, 9.17) is 0 Å². The molecule has 2 saturated heterocycles. The van der Waals surface area contributed by atoms with E-state index in [1.54, 1.807) is 0 Å². The van der Waals surface area contributed by atoms with E-state index in [2.05, 4.69) is 28.9 Å². The molecule has 98 valence electrons. The molecule has 1 N–H and O–H groups in total. The summed E-state index contributed by atoms with van der Waals surface area (Å²) in [6.07, 6.45) is 7.16. The van der Waals surface area contributed by atoms with Gasteiger partial charge in [-0.15, -0.1) is 0 Å². The molecule has 2 atom stereocenters. The summed E-state index contributed by atoms with van der Waals surface area (Å²) >= 11 is 2.13. The zero-order valence-electron chi connectivity index (χ0n) is 11.0. The summed E-state index contributed by atoms with van der Waals surface area (Å²) < 4.78 is 0. The van der Waals surface area contributed by atoms with Gasteiger partial charge in [-0.1, -0.05) is 0 Å². The molecule has 2 aliphatic heterocycles. The Bertz CT molecular complexity index is 249. The van der Waals surface area contributed by atoms with Crippen LogP contribution in [0.15, 0.2) is 0 Å². The lowest BCUT2D eigenvalue weighted by molar-refractivity contribution is 0.254. The molecule has 0 amide bonds. The van der Waals surface area contributed by atoms with Crippen LogP contribution >= 0.6 is 11.8 Å². The first-order valence-corrected chi connectivity index (χ1v) is 8.55. The van der Waals surface area contributed by atoms with Crippen molar-refractivity contribution in [2.45, 2.75) is 57.2 Å². The van der Waals surface area contributed by atoms with E-state index < -0.39 is 0 Å². The molecule has 0 aromatic carbocycles. The van der Waals surface area contributed by atoms with Gasteiger partial charge < -0.3 is 5.32 Å². The average Bonchev–Trinajstić information content (AvgIpc) is 3.12. The second-order valence-electron chi connectivity index (χ2n) is 6.17. The first-order valence-electron chi connectivity index (χ1n) is 7.40. The van der Waals surface area contributed by atoms with Gasteiger partial charge in [0.2, 0.25) is 0 Å². The van der Waals surface area contributed by atoms with Gasteiger partial charge in [-0.2, -0.15) is 11.8 Å². The minimum absolute atomic E-state index is 0.778. The standard InChI is InChI=1S/C14H26N2S/c1-11-8-13(10-16(11)14-2-3-14)15-9-12-4-6-17-7-5-12/h11-15H,2-10H2,1H3. The second-order valence-corrected chi connectivity index (χ2v) is 7.40. The Morgan fingerprint density at radius 3 is 2.65 bits per heavy atom. The highest BCUT2D eigenvalue weighted by Crippen LogP contribution is 2.33. The topological polar surface area (TPSA) is 15.3 Å². The average molecular weight is 254 g/mol. The quantitative estimate of drug-likeness (QED) is 0.829. The van der Waals surface area contributed by atoms with Crippen LogP contribution in [0.4, 0.5) is 0 Å². The van der Waals surface area contributed by atoms with Crippen LogP contribution in [-0.2, 0) is 0 Å². The highest BCUT2D eigenvalue weighted by atomic mass is 32.2. The lowest BCUT2D eigenvalue weighted by Gasteiger charge is -2.24. The number of nitrogens with zero attached hydrogens (tertiary/aromatic N) is 1. The molecule has 3 heteroatoms. The molecule has 3 aliphatic rings. The van der Waals surface area contributed by atoms with Crippen molar-refractivity contribution in [3.63, 3.8) is 0 Å². The molecular formula is C14H26N2S. The van der Waals surface area contributed by atoms with Crippen molar-refractivity contribution < 1.29 is 0 Å². The Labute approximate surface area is 110 Å². The third-order valence-corrected chi connectivity index (χ3v) is 5.72. The van der Waals surface area contributed by atoms with Crippen molar-refractivity contribution in [3.05, 3.63) is 0 Å². The Morgan fingerprint density at radius 1 is 1.18 bits per heavy atom. The fourth-order valence-corrected chi connectivity index (χ4v) is 4.61. The van der Waals surface area contributed by atoms with Crippen molar-refractivity contribution in [1.29, 1.82) is 0 Å². The molecule has 1 saturated carbocycles. The molecule has 0 aromatic heterocycles. The van der Waals surface area contributed by atoms with E-state index in [1.807, 2.05) is 0 Å². The summed E-state index contributed by atoms with van der Waals surface area (Å²) in [5.41, 5.74) is 0. The Hall–Kier alpha value is 0.270. The van der Waals surface area contributed by atoms with E-state index in [-0.39, 0.29) is 0 Å². The predicted molar refractivity (Wildman–Crippen MR) is 75.6 cm³/mol. The fourth-order valence-electron chi connectivity index (χ4n) is 3.40. The van der Waals surface area contributed by atoms with Gasteiger partial charge in [-0.05, 0) is 63.0 Å². The maximum absolute atomic E-state index is 3.84. The van der Waals surface area contributed by atoms with Crippen LogP contribution < -0.4 is 5.32 Å². The predicted octanol–water partition coefficient (Wildman–Crippen LogP) is 2.34. The molecule has 3 rings (SSSR count). The molecule has 17 heavy (non-hydrogen) atoms.